The lowest BCUT2D eigenvalue weighted by Crippen LogP contribution is -2.48. The second kappa shape index (κ2) is 8.40. The Morgan fingerprint density at radius 2 is 1.93 bits per heavy atom. The Morgan fingerprint density at radius 1 is 1.18 bits per heavy atom. The highest BCUT2D eigenvalue weighted by molar-refractivity contribution is 5.88. The molecule has 2 aliphatic rings. The van der Waals surface area contributed by atoms with E-state index in [4.69, 9.17) is 4.52 Å². The molecule has 2 fully saturated rings. The summed E-state index contributed by atoms with van der Waals surface area (Å²) in [6, 6.07) is 0. The third-order valence-electron chi connectivity index (χ3n) is 5.91. The highest BCUT2D eigenvalue weighted by Gasteiger charge is 2.27. The average molecular weight is 387 g/mol. The molecule has 2 aromatic rings. The van der Waals surface area contributed by atoms with Gasteiger partial charge >= 0.3 is 0 Å². The van der Waals surface area contributed by atoms with Crippen LogP contribution in [0.25, 0.3) is 11.1 Å². The smallest absolute Gasteiger partial charge is 0.263 e. The maximum absolute atomic E-state index is 12.6. The Hall–Kier alpha value is -2.26. The number of hydrogen-bond acceptors (Lipinski definition) is 8. The molecular formula is C19H29N7O2. The highest BCUT2D eigenvalue weighted by atomic mass is 16.5. The largest absolute Gasteiger partial charge is 0.356 e. The lowest BCUT2D eigenvalue weighted by molar-refractivity contribution is -0.125. The van der Waals surface area contributed by atoms with Crippen molar-refractivity contribution in [2.75, 3.05) is 64.3 Å². The van der Waals surface area contributed by atoms with Gasteiger partial charge in [0.15, 0.2) is 0 Å². The number of carbonyl (C=O) groups is 1. The Balaban J connectivity index is 1.25. The van der Waals surface area contributed by atoms with E-state index in [0.29, 0.717) is 5.71 Å². The molecule has 0 bridgehead atoms. The molecule has 9 nitrogen and oxygen atoms in total. The number of piperidine rings is 1. The number of aryl methyl sites for hydroxylation is 1. The van der Waals surface area contributed by atoms with Crippen LogP contribution in [0.5, 0.6) is 0 Å². The van der Waals surface area contributed by atoms with Gasteiger partial charge in [0.25, 0.3) is 5.71 Å². The quantitative estimate of drug-likeness (QED) is 0.794. The summed E-state index contributed by atoms with van der Waals surface area (Å²) in [5.41, 5.74) is 1.32. The van der Waals surface area contributed by atoms with Crippen molar-refractivity contribution in [1.29, 1.82) is 0 Å². The first-order valence-electron chi connectivity index (χ1n) is 10.1. The first-order chi connectivity index (χ1) is 13.6. The van der Waals surface area contributed by atoms with E-state index >= 15 is 0 Å². The standard InChI is InChI=1S/C19H29N7O2/c1-14-16-17(21-13-22-19(16)28-23-14)26-6-3-15(4-7-26)18(27)20-5-8-25-11-9-24(2)10-12-25/h13,15H,3-12H2,1-2H3,(H,20,27). The van der Waals surface area contributed by atoms with Gasteiger partial charge in [0.05, 0.1) is 5.69 Å². The molecule has 152 valence electrons. The van der Waals surface area contributed by atoms with E-state index in [1.54, 1.807) is 0 Å². The summed E-state index contributed by atoms with van der Waals surface area (Å²) in [5.74, 6) is 1.12. The van der Waals surface area contributed by atoms with Gasteiger partial charge in [0, 0.05) is 58.3 Å². The number of nitrogens with one attached hydrogen (secondary N) is 1. The van der Waals surface area contributed by atoms with E-state index in [1.807, 2.05) is 6.92 Å². The molecule has 0 atom stereocenters. The molecule has 1 N–H and O–H groups in total. The zero-order chi connectivity index (χ0) is 19.5. The summed E-state index contributed by atoms with van der Waals surface area (Å²) in [4.78, 5) is 28.1. The van der Waals surface area contributed by atoms with Crippen LogP contribution in [-0.4, -0.2) is 90.2 Å². The van der Waals surface area contributed by atoms with Crippen LogP contribution in [0.1, 0.15) is 18.5 Å². The molecule has 0 aliphatic carbocycles. The van der Waals surface area contributed by atoms with E-state index in [-0.39, 0.29) is 11.8 Å². The van der Waals surface area contributed by atoms with Crippen molar-refractivity contribution >= 4 is 22.8 Å². The Bertz CT molecular complexity index is 808. The average Bonchev–Trinajstić information content (AvgIpc) is 3.11. The van der Waals surface area contributed by atoms with Crippen LogP contribution in [0.4, 0.5) is 5.82 Å². The monoisotopic (exact) mass is 387 g/mol. The fraction of sp³-hybridized carbons (Fsp3) is 0.684. The number of fused-ring (bicyclic) bond motifs is 1. The molecule has 9 heteroatoms. The number of aromatic nitrogens is 3. The molecule has 2 aromatic heterocycles. The maximum Gasteiger partial charge on any atom is 0.263 e. The molecule has 4 heterocycles. The summed E-state index contributed by atoms with van der Waals surface area (Å²) in [6.07, 6.45) is 3.17. The topological polar surface area (TPSA) is 90.6 Å². The molecule has 28 heavy (non-hydrogen) atoms. The molecule has 0 spiro atoms. The van der Waals surface area contributed by atoms with Crippen molar-refractivity contribution in [1.82, 2.24) is 30.2 Å². The fourth-order valence-electron chi connectivity index (χ4n) is 4.05. The summed E-state index contributed by atoms with van der Waals surface area (Å²) in [5, 5.41) is 8.01. The van der Waals surface area contributed by atoms with Crippen LogP contribution in [0, 0.1) is 12.8 Å². The van der Waals surface area contributed by atoms with Gasteiger partial charge in [-0.25, -0.2) is 4.98 Å². The summed E-state index contributed by atoms with van der Waals surface area (Å²) in [7, 11) is 2.16. The van der Waals surface area contributed by atoms with Gasteiger partial charge in [-0.1, -0.05) is 5.16 Å². The van der Waals surface area contributed by atoms with Crippen molar-refractivity contribution < 1.29 is 9.32 Å². The Labute approximate surface area is 165 Å². The number of rotatable bonds is 5. The fourth-order valence-corrected chi connectivity index (χ4v) is 4.05. The molecular weight excluding hydrogens is 358 g/mol. The summed E-state index contributed by atoms with van der Waals surface area (Å²) in [6.45, 7) is 9.54. The summed E-state index contributed by atoms with van der Waals surface area (Å²) >= 11 is 0. The molecule has 2 aliphatic heterocycles. The number of carbonyl (C=O) groups excluding carboxylic acids is 1. The maximum atomic E-state index is 12.6. The van der Waals surface area contributed by atoms with Crippen molar-refractivity contribution in [2.24, 2.45) is 5.92 Å². The second-order valence-corrected chi connectivity index (χ2v) is 7.84. The molecule has 0 saturated carbocycles. The number of piperazine rings is 1. The van der Waals surface area contributed by atoms with Crippen LogP contribution < -0.4 is 10.2 Å². The third-order valence-corrected chi connectivity index (χ3v) is 5.91. The molecule has 2 saturated heterocycles. The Kier molecular flexibility index (Phi) is 5.72. The van der Waals surface area contributed by atoms with E-state index < -0.39 is 0 Å². The van der Waals surface area contributed by atoms with Crippen molar-refractivity contribution in [3.05, 3.63) is 12.0 Å². The molecule has 0 radical (unpaired) electrons. The zero-order valence-electron chi connectivity index (χ0n) is 16.7. The molecule has 1 amide bonds. The van der Waals surface area contributed by atoms with E-state index in [9.17, 15) is 4.79 Å². The lowest BCUT2D eigenvalue weighted by Gasteiger charge is -2.33. The van der Waals surface area contributed by atoms with Gasteiger partial charge < -0.3 is 19.6 Å². The van der Waals surface area contributed by atoms with Gasteiger partial charge in [-0.3, -0.25) is 9.69 Å². The van der Waals surface area contributed by atoms with Crippen LogP contribution in [0.3, 0.4) is 0 Å². The summed E-state index contributed by atoms with van der Waals surface area (Å²) < 4.78 is 5.24. The van der Waals surface area contributed by atoms with Crippen LogP contribution >= 0.6 is 0 Å². The SMILES string of the molecule is Cc1noc2ncnc(N3CCC(C(=O)NCCN4CCN(C)CC4)CC3)c12. The minimum Gasteiger partial charge on any atom is -0.356 e. The van der Waals surface area contributed by atoms with Gasteiger partial charge in [-0.05, 0) is 26.8 Å². The van der Waals surface area contributed by atoms with Crippen molar-refractivity contribution in [3.8, 4) is 0 Å². The van der Waals surface area contributed by atoms with Crippen LogP contribution in [0.15, 0.2) is 10.9 Å². The first-order valence-corrected chi connectivity index (χ1v) is 10.1. The van der Waals surface area contributed by atoms with E-state index in [0.717, 1.165) is 82.1 Å². The normalized spacial score (nSPS) is 20.0. The minimum absolute atomic E-state index is 0.0737. The number of hydrogen-bond donors (Lipinski definition) is 1. The number of amides is 1. The second-order valence-electron chi connectivity index (χ2n) is 7.84. The van der Waals surface area contributed by atoms with Gasteiger partial charge in [0.2, 0.25) is 5.91 Å². The van der Waals surface area contributed by atoms with Gasteiger partial charge in [0.1, 0.15) is 17.5 Å². The van der Waals surface area contributed by atoms with E-state index in [2.05, 4.69) is 42.2 Å². The van der Waals surface area contributed by atoms with Gasteiger partial charge in [-0.15, -0.1) is 0 Å². The zero-order valence-corrected chi connectivity index (χ0v) is 16.7. The molecule has 0 aromatic carbocycles. The van der Waals surface area contributed by atoms with Crippen molar-refractivity contribution in [3.63, 3.8) is 0 Å². The third kappa shape index (κ3) is 4.10. The molecule has 0 unspecified atom stereocenters. The number of anilines is 1. The van der Waals surface area contributed by atoms with Crippen LogP contribution in [0.2, 0.25) is 0 Å². The van der Waals surface area contributed by atoms with Crippen LogP contribution in [-0.2, 0) is 4.79 Å². The molecule has 4 rings (SSSR count). The number of likely N-dealkylation sites (N-methyl/N-ethyl adjacent to an activating group) is 1. The first kappa shape index (κ1) is 19.1. The lowest BCUT2D eigenvalue weighted by atomic mass is 9.95. The van der Waals surface area contributed by atoms with E-state index in [1.165, 1.54) is 6.33 Å². The van der Waals surface area contributed by atoms with Crippen molar-refractivity contribution in [2.45, 2.75) is 19.8 Å². The number of nitrogens with zero attached hydrogens (tertiary/aromatic N) is 6. The Morgan fingerprint density at radius 3 is 2.68 bits per heavy atom. The van der Waals surface area contributed by atoms with Gasteiger partial charge in [-0.2, -0.15) is 4.98 Å². The predicted molar refractivity (Wildman–Crippen MR) is 106 cm³/mol. The predicted octanol–water partition coefficient (Wildman–Crippen LogP) is 0.506. The minimum atomic E-state index is 0.0737. The highest BCUT2D eigenvalue weighted by Crippen LogP contribution is 2.29.